The van der Waals surface area contributed by atoms with Gasteiger partial charge >= 0.3 is 0 Å². The fourth-order valence-electron chi connectivity index (χ4n) is 5.35. The summed E-state index contributed by atoms with van der Waals surface area (Å²) in [4.78, 5) is 24.6. The molecule has 0 aliphatic carbocycles. The van der Waals surface area contributed by atoms with Gasteiger partial charge in [0.25, 0.3) is 5.56 Å². The van der Waals surface area contributed by atoms with E-state index >= 15 is 0 Å². The number of nitrogens with one attached hydrogen (secondary N) is 1. The molecule has 202 valence electrons. The van der Waals surface area contributed by atoms with Crippen LogP contribution >= 0.6 is 11.6 Å². The molecule has 0 radical (unpaired) electrons. The lowest BCUT2D eigenvalue weighted by Crippen LogP contribution is -2.38. The molecule has 0 unspecified atom stereocenters. The Morgan fingerprint density at radius 3 is 2.35 bits per heavy atom. The lowest BCUT2D eigenvalue weighted by molar-refractivity contribution is 0.211. The fraction of sp³-hybridized carbons (Fsp3) is 0.242. The first-order valence-electron chi connectivity index (χ1n) is 13.8. The molecule has 3 aromatic carbocycles. The van der Waals surface area contributed by atoms with E-state index in [0.29, 0.717) is 28.5 Å². The van der Waals surface area contributed by atoms with Crippen molar-refractivity contribution in [2.45, 2.75) is 38.4 Å². The molecule has 40 heavy (non-hydrogen) atoms. The number of aryl methyl sites for hydroxylation is 2. The summed E-state index contributed by atoms with van der Waals surface area (Å²) in [5.41, 5.74) is 5.29. The van der Waals surface area contributed by atoms with Crippen LogP contribution in [0.4, 0.5) is 5.82 Å². The summed E-state index contributed by atoms with van der Waals surface area (Å²) in [5.74, 6) is 0.960. The predicted octanol–water partition coefficient (Wildman–Crippen LogP) is 6.43. The topological polar surface area (TPSA) is 63.1 Å². The van der Waals surface area contributed by atoms with E-state index in [-0.39, 0.29) is 5.56 Å². The molecule has 5 aromatic rings. The largest absolute Gasteiger partial charge is 0.367 e. The summed E-state index contributed by atoms with van der Waals surface area (Å²) < 4.78 is 1.71. The number of pyridine rings is 1. The summed E-state index contributed by atoms with van der Waals surface area (Å²) in [6, 6.07) is 28.7. The summed E-state index contributed by atoms with van der Waals surface area (Å²) in [5, 5.41) is 4.89. The Morgan fingerprint density at radius 2 is 1.60 bits per heavy atom. The number of rotatable bonds is 8. The van der Waals surface area contributed by atoms with Crippen molar-refractivity contribution < 1.29 is 0 Å². The molecule has 0 amide bonds. The van der Waals surface area contributed by atoms with Crippen LogP contribution in [0.15, 0.2) is 102 Å². The van der Waals surface area contributed by atoms with E-state index in [1.54, 1.807) is 10.9 Å². The Kier molecular flexibility index (Phi) is 7.89. The summed E-state index contributed by atoms with van der Waals surface area (Å²) in [6.07, 6.45) is 6.51. The molecule has 2 aromatic heterocycles. The summed E-state index contributed by atoms with van der Waals surface area (Å²) in [6.45, 7) is 3.70. The molecule has 7 heteroatoms. The van der Waals surface area contributed by atoms with E-state index in [1.807, 2.05) is 66.9 Å². The molecule has 6 rings (SSSR count). The average molecular weight is 550 g/mol. The predicted molar refractivity (Wildman–Crippen MR) is 163 cm³/mol. The van der Waals surface area contributed by atoms with E-state index in [1.165, 1.54) is 11.1 Å². The second-order valence-corrected chi connectivity index (χ2v) is 10.9. The number of nitrogens with zero attached hydrogens (tertiary/aromatic N) is 4. The Balaban J connectivity index is 1.03. The van der Waals surface area contributed by atoms with Crippen LogP contribution in [-0.4, -0.2) is 38.6 Å². The molecule has 6 nitrogen and oxygen atoms in total. The molecule has 3 heterocycles. The molecular weight excluding hydrogens is 518 g/mol. The number of hydrogen-bond donors (Lipinski definition) is 1. The molecule has 1 aliphatic heterocycles. The number of anilines is 1. The van der Waals surface area contributed by atoms with Gasteiger partial charge < -0.3 is 5.32 Å². The number of piperidine rings is 1. The van der Waals surface area contributed by atoms with Crippen molar-refractivity contribution in [1.29, 1.82) is 0 Å². The van der Waals surface area contributed by atoms with Gasteiger partial charge in [0.2, 0.25) is 0 Å². The highest BCUT2D eigenvalue weighted by atomic mass is 35.5. The lowest BCUT2D eigenvalue weighted by atomic mass is 10.0. The van der Waals surface area contributed by atoms with Crippen molar-refractivity contribution in [1.82, 2.24) is 19.4 Å². The fourth-order valence-corrected chi connectivity index (χ4v) is 5.48. The highest BCUT2D eigenvalue weighted by Crippen LogP contribution is 2.24. The van der Waals surface area contributed by atoms with Crippen molar-refractivity contribution in [3.63, 3.8) is 0 Å². The van der Waals surface area contributed by atoms with Gasteiger partial charge in [-0.25, -0.2) is 9.97 Å². The second-order valence-electron chi connectivity index (χ2n) is 10.5. The zero-order valence-electron chi connectivity index (χ0n) is 22.3. The molecule has 0 spiro atoms. The van der Waals surface area contributed by atoms with E-state index in [2.05, 4.69) is 44.5 Å². The highest BCUT2D eigenvalue weighted by Gasteiger charge is 2.19. The van der Waals surface area contributed by atoms with Crippen molar-refractivity contribution >= 4 is 28.3 Å². The SMILES string of the molecule is O=c1c2ccc(-c3ccc(Cl)cc3)cc2ncn1CCc1ccc(CN2CCC(Nc3ccccn3)CC2)cc1. The number of hydrogen-bond acceptors (Lipinski definition) is 5. The molecule has 0 saturated carbocycles. The standard InChI is InChI=1S/C33H32ClN5O/c34-28-11-8-26(9-12-28)27-10-13-30-31(21-27)36-23-39(33(30)40)20-14-24-4-6-25(7-5-24)22-38-18-15-29(16-19-38)37-32-3-1-2-17-35-32/h1-13,17,21,23,29H,14-16,18-20,22H2,(H,35,37). The van der Waals surface area contributed by atoms with Crippen molar-refractivity contribution in [3.8, 4) is 11.1 Å². The minimum absolute atomic E-state index is 0.00906. The Morgan fingerprint density at radius 1 is 0.850 bits per heavy atom. The lowest BCUT2D eigenvalue weighted by Gasteiger charge is -2.32. The third-order valence-corrected chi connectivity index (χ3v) is 7.93. The monoisotopic (exact) mass is 549 g/mol. The first-order chi connectivity index (χ1) is 19.6. The number of aromatic nitrogens is 3. The van der Waals surface area contributed by atoms with Gasteiger partial charge in [-0.1, -0.05) is 60.1 Å². The maximum Gasteiger partial charge on any atom is 0.261 e. The van der Waals surface area contributed by atoms with Gasteiger partial charge in [-0.05, 0) is 77.9 Å². The Hall–Kier alpha value is -4.00. The van der Waals surface area contributed by atoms with Gasteiger partial charge in [-0.2, -0.15) is 0 Å². The Labute approximate surface area is 239 Å². The van der Waals surface area contributed by atoms with Crippen LogP contribution in [0, 0.1) is 0 Å². The van der Waals surface area contributed by atoms with E-state index in [4.69, 9.17) is 11.6 Å². The first-order valence-corrected chi connectivity index (χ1v) is 14.2. The summed E-state index contributed by atoms with van der Waals surface area (Å²) in [7, 11) is 0. The van der Waals surface area contributed by atoms with Crippen LogP contribution in [0.2, 0.25) is 5.02 Å². The van der Waals surface area contributed by atoms with Crippen molar-refractivity contribution in [3.05, 3.63) is 124 Å². The van der Waals surface area contributed by atoms with Gasteiger partial charge in [0.1, 0.15) is 5.82 Å². The molecule has 0 bridgehead atoms. The van der Waals surface area contributed by atoms with E-state index in [0.717, 1.165) is 55.8 Å². The van der Waals surface area contributed by atoms with Gasteiger partial charge in [-0.15, -0.1) is 0 Å². The van der Waals surface area contributed by atoms with Crippen molar-refractivity contribution in [2.24, 2.45) is 0 Å². The molecule has 1 fully saturated rings. The number of halogens is 1. The minimum Gasteiger partial charge on any atom is -0.367 e. The molecule has 0 atom stereocenters. The smallest absolute Gasteiger partial charge is 0.261 e. The van der Waals surface area contributed by atoms with Gasteiger partial charge in [0.15, 0.2) is 0 Å². The van der Waals surface area contributed by atoms with E-state index < -0.39 is 0 Å². The number of likely N-dealkylation sites (tertiary alicyclic amines) is 1. The number of fused-ring (bicyclic) bond motifs is 1. The van der Waals surface area contributed by atoms with Crippen LogP contribution in [0.1, 0.15) is 24.0 Å². The zero-order valence-corrected chi connectivity index (χ0v) is 23.1. The maximum atomic E-state index is 13.1. The van der Waals surface area contributed by atoms with Crippen LogP contribution in [-0.2, 0) is 19.5 Å². The molecule has 1 N–H and O–H groups in total. The van der Waals surface area contributed by atoms with Crippen molar-refractivity contribution in [2.75, 3.05) is 18.4 Å². The quantitative estimate of drug-likeness (QED) is 0.241. The van der Waals surface area contributed by atoms with Crippen LogP contribution < -0.4 is 10.9 Å². The molecule has 1 saturated heterocycles. The van der Waals surface area contributed by atoms with Crippen LogP contribution in [0.3, 0.4) is 0 Å². The van der Waals surface area contributed by atoms with Gasteiger partial charge in [-0.3, -0.25) is 14.3 Å². The van der Waals surface area contributed by atoms with Gasteiger partial charge in [0, 0.05) is 43.4 Å². The second kappa shape index (κ2) is 12.0. The Bertz CT molecular complexity index is 1630. The molecule has 1 aliphatic rings. The summed E-state index contributed by atoms with van der Waals surface area (Å²) >= 11 is 6.02. The number of benzene rings is 3. The van der Waals surface area contributed by atoms with Gasteiger partial charge in [0.05, 0.1) is 17.2 Å². The maximum absolute atomic E-state index is 13.1. The normalized spacial score (nSPS) is 14.4. The van der Waals surface area contributed by atoms with Crippen LogP contribution in [0.5, 0.6) is 0 Å². The zero-order chi connectivity index (χ0) is 27.3. The third-order valence-electron chi connectivity index (χ3n) is 7.68. The highest BCUT2D eigenvalue weighted by molar-refractivity contribution is 6.30. The average Bonchev–Trinajstić information content (AvgIpc) is 2.99. The van der Waals surface area contributed by atoms with Crippen LogP contribution in [0.25, 0.3) is 22.0 Å². The minimum atomic E-state index is -0.00906. The third kappa shape index (κ3) is 6.24. The van der Waals surface area contributed by atoms with E-state index in [9.17, 15) is 4.79 Å². The molecular formula is C33H32ClN5O. The first kappa shape index (κ1) is 26.2.